The number of hydrogen-bond acceptors (Lipinski definition) is 4. The maximum absolute atomic E-state index is 13.2. The summed E-state index contributed by atoms with van der Waals surface area (Å²) in [6, 6.07) is 3.89. The number of aromatic amines is 1. The number of thiazole rings is 1. The van der Waals surface area contributed by atoms with Gasteiger partial charge in [0.25, 0.3) is 5.91 Å². The summed E-state index contributed by atoms with van der Waals surface area (Å²) in [6.07, 6.45) is 0. The van der Waals surface area contributed by atoms with Crippen molar-refractivity contribution in [1.82, 2.24) is 4.98 Å². The Labute approximate surface area is 109 Å². The molecule has 0 saturated heterocycles. The van der Waals surface area contributed by atoms with Gasteiger partial charge in [0.05, 0.1) is 10.9 Å². The highest BCUT2D eigenvalue weighted by Gasteiger charge is 2.23. The number of nitrogens with zero attached hydrogens (tertiary/aromatic N) is 1. The lowest BCUT2D eigenvalue weighted by molar-refractivity contribution is -0.112. The monoisotopic (exact) mass is 280 g/mol. The second-order valence-electron chi connectivity index (χ2n) is 3.65. The van der Waals surface area contributed by atoms with E-state index in [2.05, 4.69) is 9.98 Å². The average Bonchev–Trinajstić information content (AvgIpc) is 2.77. The molecule has 2 aromatic rings. The molecular formula is C11H5FN2O2S2. The lowest BCUT2D eigenvalue weighted by atomic mass is 10.1. The zero-order chi connectivity index (χ0) is 12.9. The van der Waals surface area contributed by atoms with Gasteiger partial charge in [0.1, 0.15) is 10.7 Å². The van der Waals surface area contributed by atoms with Crippen molar-refractivity contribution in [2.45, 2.75) is 0 Å². The second-order valence-corrected chi connectivity index (χ2v) is 5.33. The first-order valence-electron chi connectivity index (χ1n) is 4.91. The van der Waals surface area contributed by atoms with Crippen molar-refractivity contribution in [2.75, 3.05) is 0 Å². The first kappa shape index (κ1) is 11.2. The minimum atomic E-state index is -0.504. The Hall–Kier alpha value is -1.86. The van der Waals surface area contributed by atoms with Crippen molar-refractivity contribution in [1.29, 1.82) is 0 Å². The highest BCUT2D eigenvalue weighted by Crippen LogP contribution is 2.29. The van der Waals surface area contributed by atoms with E-state index in [-0.39, 0.29) is 16.3 Å². The van der Waals surface area contributed by atoms with Gasteiger partial charge in [0.15, 0.2) is 3.95 Å². The highest BCUT2D eigenvalue weighted by molar-refractivity contribution is 7.73. The molecule has 0 saturated carbocycles. The zero-order valence-corrected chi connectivity index (χ0v) is 10.4. The summed E-state index contributed by atoms with van der Waals surface area (Å²) in [5.41, 5.74) is 0.180. The van der Waals surface area contributed by atoms with E-state index >= 15 is 0 Å². The van der Waals surface area contributed by atoms with Gasteiger partial charge in [-0.2, -0.15) is 0 Å². The largest absolute Gasteiger partial charge is 0.494 e. The minimum absolute atomic E-state index is 0.180. The fourth-order valence-electron chi connectivity index (χ4n) is 1.80. The standard InChI is InChI=1S/C11H5FN2O2S2/c12-4-1-2-6-5(3-4)7(9(15)13-6)8-10(16)14-11(17)18-8/h1-3,16H,(H,14,17). The number of amides is 1. The summed E-state index contributed by atoms with van der Waals surface area (Å²) in [6.45, 7) is 0. The van der Waals surface area contributed by atoms with Crippen LogP contribution in [0.25, 0.3) is 5.57 Å². The summed E-state index contributed by atoms with van der Waals surface area (Å²) in [5.74, 6) is -1.16. The maximum atomic E-state index is 13.2. The van der Waals surface area contributed by atoms with E-state index < -0.39 is 11.7 Å². The molecule has 90 valence electrons. The van der Waals surface area contributed by atoms with Crippen molar-refractivity contribution in [3.8, 4) is 5.88 Å². The molecular weight excluding hydrogens is 275 g/mol. The van der Waals surface area contributed by atoms with Gasteiger partial charge >= 0.3 is 0 Å². The van der Waals surface area contributed by atoms with Crippen LogP contribution in [-0.2, 0) is 4.79 Å². The summed E-state index contributed by atoms with van der Waals surface area (Å²) in [4.78, 5) is 18.5. The average molecular weight is 280 g/mol. The SMILES string of the molecule is O=C1N=c2ccc(F)cc2=C1c1sc(=S)[nH]c1O. The van der Waals surface area contributed by atoms with Crippen LogP contribution < -0.4 is 10.6 Å². The number of H-pyrrole nitrogens is 1. The van der Waals surface area contributed by atoms with Crippen molar-refractivity contribution in [3.05, 3.63) is 43.4 Å². The van der Waals surface area contributed by atoms with Crippen LogP contribution in [0.4, 0.5) is 4.39 Å². The minimum Gasteiger partial charge on any atom is -0.494 e. The molecule has 0 unspecified atom stereocenters. The van der Waals surface area contributed by atoms with Gasteiger partial charge < -0.3 is 10.1 Å². The molecule has 7 heteroatoms. The lowest BCUT2D eigenvalue weighted by Crippen LogP contribution is -2.23. The molecule has 0 aliphatic carbocycles. The zero-order valence-electron chi connectivity index (χ0n) is 8.73. The van der Waals surface area contributed by atoms with Gasteiger partial charge in [0.2, 0.25) is 5.88 Å². The van der Waals surface area contributed by atoms with E-state index in [1.807, 2.05) is 0 Å². The molecule has 18 heavy (non-hydrogen) atoms. The quantitative estimate of drug-likeness (QED) is 0.766. The summed E-state index contributed by atoms with van der Waals surface area (Å²) < 4.78 is 13.6. The number of carbonyl (C=O) groups is 1. The number of carbonyl (C=O) groups excluding carboxylic acids is 1. The van der Waals surface area contributed by atoms with E-state index in [0.717, 1.165) is 11.3 Å². The molecule has 1 aromatic heterocycles. The molecule has 0 bridgehead atoms. The van der Waals surface area contributed by atoms with Crippen LogP contribution >= 0.6 is 23.6 Å². The Balaban J connectivity index is 2.45. The molecule has 1 aliphatic heterocycles. The van der Waals surface area contributed by atoms with Gasteiger partial charge in [0, 0.05) is 5.22 Å². The molecule has 0 spiro atoms. The predicted molar refractivity (Wildman–Crippen MR) is 65.9 cm³/mol. The molecule has 1 aromatic carbocycles. The lowest BCUT2D eigenvalue weighted by Gasteiger charge is -1.95. The van der Waals surface area contributed by atoms with E-state index in [9.17, 15) is 14.3 Å². The number of benzene rings is 1. The number of fused-ring (bicyclic) bond motifs is 1. The number of aromatic nitrogens is 1. The third kappa shape index (κ3) is 1.59. The van der Waals surface area contributed by atoms with Gasteiger partial charge in [-0.1, -0.05) is 0 Å². The van der Waals surface area contributed by atoms with E-state index in [1.165, 1.54) is 18.2 Å². The summed E-state index contributed by atoms with van der Waals surface area (Å²) >= 11 is 5.95. The van der Waals surface area contributed by atoms with Crippen LogP contribution in [0.15, 0.2) is 23.2 Å². The molecule has 2 heterocycles. The van der Waals surface area contributed by atoms with Crippen molar-refractivity contribution >= 4 is 35.0 Å². The van der Waals surface area contributed by atoms with E-state index in [0.29, 0.717) is 14.5 Å². The molecule has 0 fully saturated rings. The molecule has 0 radical (unpaired) electrons. The van der Waals surface area contributed by atoms with Crippen LogP contribution in [0.2, 0.25) is 0 Å². The number of hydrogen-bond donors (Lipinski definition) is 2. The van der Waals surface area contributed by atoms with Crippen molar-refractivity contribution in [2.24, 2.45) is 4.99 Å². The summed E-state index contributed by atoms with van der Waals surface area (Å²) in [7, 11) is 0. The van der Waals surface area contributed by atoms with Gasteiger partial charge in [-0.25, -0.2) is 9.38 Å². The predicted octanol–water partition coefficient (Wildman–Crippen LogP) is 1.01. The Bertz CT molecular complexity index is 851. The maximum Gasteiger partial charge on any atom is 0.279 e. The van der Waals surface area contributed by atoms with Crippen LogP contribution in [-0.4, -0.2) is 16.0 Å². The Morgan fingerprint density at radius 2 is 2.22 bits per heavy atom. The molecule has 4 nitrogen and oxygen atoms in total. The number of rotatable bonds is 1. The van der Waals surface area contributed by atoms with E-state index in [1.54, 1.807) is 0 Å². The topological polar surface area (TPSA) is 65.5 Å². The third-order valence-corrected chi connectivity index (χ3v) is 3.76. The van der Waals surface area contributed by atoms with Crippen LogP contribution in [0.1, 0.15) is 4.88 Å². The highest BCUT2D eigenvalue weighted by atomic mass is 32.1. The molecule has 2 N–H and O–H groups in total. The Kier molecular flexibility index (Phi) is 2.39. The third-order valence-electron chi connectivity index (χ3n) is 2.52. The Morgan fingerprint density at radius 3 is 2.89 bits per heavy atom. The molecule has 3 rings (SSSR count). The normalized spacial score (nSPS) is 13.6. The molecule has 0 atom stereocenters. The summed E-state index contributed by atoms with van der Waals surface area (Å²) in [5, 5.41) is 10.5. The first-order valence-corrected chi connectivity index (χ1v) is 6.14. The number of aromatic hydroxyl groups is 1. The smallest absolute Gasteiger partial charge is 0.279 e. The van der Waals surface area contributed by atoms with Gasteiger partial charge in [-0.3, -0.25) is 4.79 Å². The number of halogens is 1. The molecule has 1 amide bonds. The van der Waals surface area contributed by atoms with Gasteiger partial charge in [-0.15, -0.1) is 11.3 Å². The first-order chi connectivity index (χ1) is 8.56. The van der Waals surface area contributed by atoms with E-state index in [4.69, 9.17) is 12.2 Å². The molecule has 1 aliphatic rings. The fourth-order valence-corrected chi connectivity index (χ4v) is 2.92. The van der Waals surface area contributed by atoms with Crippen molar-refractivity contribution < 1.29 is 14.3 Å². The number of nitrogens with one attached hydrogen (secondary N) is 1. The van der Waals surface area contributed by atoms with Gasteiger partial charge in [-0.05, 0) is 30.4 Å². The fraction of sp³-hybridized carbons (Fsp3) is 0. The van der Waals surface area contributed by atoms with Crippen LogP contribution in [0.3, 0.4) is 0 Å². The van der Waals surface area contributed by atoms with Crippen molar-refractivity contribution in [3.63, 3.8) is 0 Å². The van der Waals surface area contributed by atoms with Crippen LogP contribution in [0, 0.1) is 9.77 Å². The van der Waals surface area contributed by atoms with Crippen LogP contribution in [0.5, 0.6) is 5.88 Å². The Morgan fingerprint density at radius 1 is 1.44 bits per heavy atom. The second kappa shape index (κ2) is 3.82.